The van der Waals surface area contributed by atoms with Gasteiger partial charge in [-0.25, -0.2) is 5.43 Å². The maximum Gasteiger partial charge on any atom is 0.416 e. The van der Waals surface area contributed by atoms with Crippen molar-refractivity contribution in [2.45, 2.75) is 26.9 Å². The Morgan fingerprint density at radius 1 is 0.875 bits per heavy atom. The lowest BCUT2D eigenvalue weighted by Gasteiger charge is -2.13. The Labute approximate surface area is 228 Å². The number of amides is 3. The molecule has 0 aliphatic carbocycles. The lowest BCUT2D eigenvalue weighted by molar-refractivity contribution is -0.137. The summed E-state index contributed by atoms with van der Waals surface area (Å²) in [5.41, 5.74) is 3.90. The number of aryl methyl sites for hydroxylation is 2. The highest BCUT2D eigenvalue weighted by molar-refractivity contribution is 6.39. The molecule has 3 aromatic rings. The second-order valence-electron chi connectivity index (χ2n) is 8.47. The molecule has 0 spiro atoms. The quantitative estimate of drug-likeness (QED) is 0.198. The van der Waals surface area contributed by atoms with Gasteiger partial charge in [-0.15, -0.1) is 0 Å². The van der Waals surface area contributed by atoms with E-state index in [-0.39, 0.29) is 23.8 Å². The largest absolute Gasteiger partial charge is 0.490 e. The molecule has 0 bridgehead atoms. The number of nitrogens with zero attached hydrogens (tertiary/aromatic N) is 1. The lowest BCUT2D eigenvalue weighted by Crippen LogP contribution is -2.32. The van der Waals surface area contributed by atoms with Crippen molar-refractivity contribution in [3.8, 4) is 11.5 Å². The average molecular weight is 557 g/mol. The highest BCUT2D eigenvalue weighted by atomic mass is 19.4. The van der Waals surface area contributed by atoms with Crippen molar-refractivity contribution >= 4 is 35.3 Å². The molecule has 3 N–H and O–H groups in total. The highest BCUT2D eigenvalue weighted by Crippen LogP contribution is 2.31. The number of para-hydroxylation sites is 1. The molecule has 0 unspecified atom stereocenters. The fourth-order valence-corrected chi connectivity index (χ4v) is 3.50. The van der Waals surface area contributed by atoms with Gasteiger partial charge in [-0.05, 0) is 73.9 Å². The number of halogens is 3. The summed E-state index contributed by atoms with van der Waals surface area (Å²) in [5.74, 6) is -2.05. The van der Waals surface area contributed by atoms with Crippen LogP contribution in [0.2, 0.25) is 0 Å². The van der Waals surface area contributed by atoms with Gasteiger partial charge in [0.25, 0.3) is 5.91 Å². The van der Waals surface area contributed by atoms with E-state index in [1.807, 2.05) is 32.0 Å². The molecule has 0 radical (unpaired) electrons. The molecule has 0 saturated heterocycles. The van der Waals surface area contributed by atoms with Gasteiger partial charge in [0.05, 0.1) is 18.4 Å². The van der Waals surface area contributed by atoms with E-state index in [2.05, 4.69) is 21.2 Å². The second kappa shape index (κ2) is 13.3. The molecule has 0 aromatic heterocycles. The topological polar surface area (TPSA) is 118 Å². The first-order chi connectivity index (χ1) is 19.0. The number of hydrazone groups is 1. The summed E-state index contributed by atoms with van der Waals surface area (Å²) in [4.78, 5) is 36.6. The molecular formula is C28H27F3N4O5. The molecule has 0 saturated carbocycles. The fraction of sp³-hybridized carbons (Fsp3) is 0.214. The molecule has 0 fully saturated rings. The lowest BCUT2D eigenvalue weighted by atomic mass is 10.1. The molecule has 3 amide bonds. The number of nitrogens with one attached hydrogen (secondary N) is 3. The zero-order chi connectivity index (χ0) is 29.3. The van der Waals surface area contributed by atoms with Gasteiger partial charge >= 0.3 is 18.0 Å². The van der Waals surface area contributed by atoms with Crippen LogP contribution in [0.25, 0.3) is 0 Å². The van der Waals surface area contributed by atoms with Crippen LogP contribution in [0.4, 0.5) is 24.5 Å². The molecule has 12 heteroatoms. The van der Waals surface area contributed by atoms with Crippen molar-refractivity contribution in [2.24, 2.45) is 5.10 Å². The van der Waals surface area contributed by atoms with Crippen LogP contribution < -0.4 is 25.5 Å². The van der Waals surface area contributed by atoms with Gasteiger partial charge in [0, 0.05) is 11.4 Å². The van der Waals surface area contributed by atoms with Crippen LogP contribution in [0, 0.1) is 13.8 Å². The van der Waals surface area contributed by atoms with E-state index in [9.17, 15) is 27.6 Å². The minimum absolute atomic E-state index is 0.0233. The third-order valence-corrected chi connectivity index (χ3v) is 5.41. The monoisotopic (exact) mass is 556 g/mol. The number of hydrogen-bond acceptors (Lipinski definition) is 6. The molecule has 0 aliphatic rings. The normalized spacial score (nSPS) is 11.2. The summed E-state index contributed by atoms with van der Waals surface area (Å²) >= 11 is 0. The van der Waals surface area contributed by atoms with E-state index in [1.165, 1.54) is 30.5 Å². The number of rotatable bonds is 9. The number of anilines is 2. The van der Waals surface area contributed by atoms with E-state index in [1.54, 1.807) is 13.0 Å². The number of hydrogen-bond donors (Lipinski definition) is 3. The van der Waals surface area contributed by atoms with Crippen LogP contribution in [0.15, 0.2) is 65.8 Å². The standard InChI is InChI=1S/C28H27F3N4O5/c1-4-39-23-13-19(15-32-35-27(38)26(37)34-25-17(2)7-5-8-18(25)3)11-12-22(23)40-16-24(36)33-21-10-6-9-20(14-21)28(29,30)31/h5-15H,4,16H2,1-3H3,(H,33,36)(H,34,37)(H,35,38)/b32-15-. The minimum atomic E-state index is -4.54. The van der Waals surface area contributed by atoms with Crippen molar-refractivity contribution < 1.29 is 37.0 Å². The van der Waals surface area contributed by atoms with Crippen LogP contribution in [0.3, 0.4) is 0 Å². The van der Waals surface area contributed by atoms with E-state index in [0.29, 0.717) is 11.3 Å². The van der Waals surface area contributed by atoms with Crippen molar-refractivity contribution in [2.75, 3.05) is 23.8 Å². The molecule has 3 rings (SSSR count). The van der Waals surface area contributed by atoms with Crippen LogP contribution in [0.5, 0.6) is 11.5 Å². The van der Waals surface area contributed by atoms with Gasteiger partial charge in [-0.1, -0.05) is 24.3 Å². The Balaban J connectivity index is 1.58. The van der Waals surface area contributed by atoms with Crippen molar-refractivity contribution in [1.82, 2.24) is 5.43 Å². The summed E-state index contributed by atoms with van der Waals surface area (Å²) in [6.07, 6.45) is -3.25. The van der Waals surface area contributed by atoms with Crippen molar-refractivity contribution in [3.63, 3.8) is 0 Å². The van der Waals surface area contributed by atoms with Crippen molar-refractivity contribution in [1.29, 1.82) is 0 Å². The van der Waals surface area contributed by atoms with Crippen LogP contribution in [-0.2, 0) is 20.6 Å². The zero-order valence-electron chi connectivity index (χ0n) is 21.9. The Morgan fingerprint density at radius 2 is 1.57 bits per heavy atom. The smallest absolute Gasteiger partial charge is 0.416 e. The first-order valence-electron chi connectivity index (χ1n) is 12.0. The Morgan fingerprint density at radius 3 is 2.25 bits per heavy atom. The molecule has 0 atom stereocenters. The first-order valence-corrected chi connectivity index (χ1v) is 12.0. The Kier molecular flexibility index (Phi) is 9.85. The Hall–Kier alpha value is -4.87. The van der Waals surface area contributed by atoms with Gasteiger partial charge in [0.15, 0.2) is 18.1 Å². The number of carbonyl (C=O) groups is 3. The Bertz CT molecular complexity index is 1400. The fourth-order valence-electron chi connectivity index (χ4n) is 3.50. The molecule has 210 valence electrons. The maximum absolute atomic E-state index is 12.9. The zero-order valence-corrected chi connectivity index (χ0v) is 21.9. The van der Waals surface area contributed by atoms with Gasteiger partial charge in [0.2, 0.25) is 0 Å². The summed E-state index contributed by atoms with van der Waals surface area (Å²) in [6, 6.07) is 14.3. The molecule has 0 aliphatic heterocycles. The predicted molar refractivity (Wildman–Crippen MR) is 143 cm³/mol. The van der Waals surface area contributed by atoms with Gasteiger partial charge in [-0.3, -0.25) is 14.4 Å². The van der Waals surface area contributed by atoms with Crippen molar-refractivity contribution in [3.05, 3.63) is 82.9 Å². The van der Waals surface area contributed by atoms with Crippen LogP contribution in [-0.4, -0.2) is 37.1 Å². The average Bonchev–Trinajstić information content (AvgIpc) is 2.90. The second-order valence-corrected chi connectivity index (χ2v) is 8.47. The minimum Gasteiger partial charge on any atom is -0.490 e. The summed E-state index contributed by atoms with van der Waals surface area (Å²) < 4.78 is 49.7. The van der Waals surface area contributed by atoms with Gasteiger partial charge in [0.1, 0.15) is 0 Å². The van der Waals surface area contributed by atoms with Crippen LogP contribution >= 0.6 is 0 Å². The summed E-state index contributed by atoms with van der Waals surface area (Å²) in [5, 5.41) is 8.72. The number of carbonyl (C=O) groups excluding carboxylic acids is 3. The summed E-state index contributed by atoms with van der Waals surface area (Å²) in [6.45, 7) is 5.13. The summed E-state index contributed by atoms with van der Waals surface area (Å²) in [7, 11) is 0. The SMILES string of the molecule is CCOc1cc(/C=N\NC(=O)C(=O)Nc2c(C)cccc2C)ccc1OCC(=O)Nc1cccc(C(F)(F)F)c1. The van der Waals surface area contributed by atoms with Gasteiger partial charge < -0.3 is 20.1 Å². The molecule has 40 heavy (non-hydrogen) atoms. The highest BCUT2D eigenvalue weighted by Gasteiger charge is 2.30. The molecule has 0 heterocycles. The van der Waals surface area contributed by atoms with E-state index < -0.39 is 36.1 Å². The first kappa shape index (κ1) is 29.7. The van der Waals surface area contributed by atoms with E-state index in [0.717, 1.165) is 23.3 Å². The number of ether oxygens (including phenoxy) is 2. The van der Waals surface area contributed by atoms with E-state index in [4.69, 9.17) is 9.47 Å². The third-order valence-electron chi connectivity index (χ3n) is 5.41. The predicted octanol–water partition coefficient (Wildman–Crippen LogP) is 4.83. The number of benzene rings is 3. The number of alkyl halides is 3. The molecular weight excluding hydrogens is 529 g/mol. The third kappa shape index (κ3) is 8.32. The molecule has 3 aromatic carbocycles. The van der Waals surface area contributed by atoms with E-state index >= 15 is 0 Å². The van der Waals surface area contributed by atoms with Gasteiger partial charge in [-0.2, -0.15) is 18.3 Å². The molecule has 9 nitrogen and oxygen atoms in total. The maximum atomic E-state index is 12.9. The van der Waals surface area contributed by atoms with Crippen LogP contribution in [0.1, 0.15) is 29.2 Å².